The van der Waals surface area contributed by atoms with Crippen molar-refractivity contribution < 1.29 is 0 Å². The van der Waals surface area contributed by atoms with Gasteiger partial charge in [0.2, 0.25) is 0 Å². The van der Waals surface area contributed by atoms with Crippen molar-refractivity contribution in [2.75, 3.05) is 0 Å². The minimum Gasteiger partial charge on any atom is -0.261 e. The predicted molar refractivity (Wildman–Crippen MR) is 104 cm³/mol. The zero-order valence-electron chi connectivity index (χ0n) is 15.6. The molecule has 1 heteroatoms. The second kappa shape index (κ2) is 9.33. The summed E-state index contributed by atoms with van der Waals surface area (Å²) in [6.45, 7) is 16.8. The molecule has 0 aliphatic carbocycles. The smallest absolute Gasteiger partial charge is 0.0445 e. The van der Waals surface area contributed by atoms with E-state index in [0.29, 0.717) is 0 Å². The molecule has 1 rings (SSSR count). The third-order valence-electron chi connectivity index (χ3n) is 4.24. The van der Waals surface area contributed by atoms with Crippen molar-refractivity contribution in [1.29, 1.82) is 0 Å². The van der Waals surface area contributed by atoms with Crippen LogP contribution in [0.1, 0.15) is 64.7 Å². The van der Waals surface area contributed by atoms with Crippen molar-refractivity contribution in [1.82, 2.24) is 0 Å². The Labute approximate surface area is 142 Å². The maximum absolute atomic E-state index is 4.56. The highest BCUT2D eigenvalue weighted by atomic mass is 14.7. The number of allylic oxidation sites excluding steroid dienone is 1. The third kappa shape index (κ3) is 6.84. The van der Waals surface area contributed by atoms with E-state index in [2.05, 4.69) is 77.0 Å². The zero-order chi connectivity index (χ0) is 17.4. The predicted octanol–water partition coefficient (Wildman–Crippen LogP) is 6.44. The van der Waals surface area contributed by atoms with Crippen LogP contribution >= 0.6 is 0 Å². The molecule has 0 spiro atoms. The largest absolute Gasteiger partial charge is 0.261 e. The van der Waals surface area contributed by atoms with Crippen LogP contribution < -0.4 is 0 Å². The average Bonchev–Trinajstić information content (AvgIpc) is 2.50. The molecule has 0 amide bonds. The summed E-state index contributed by atoms with van der Waals surface area (Å²) in [6.07, 6.45) is 6.17. The summed E-state index contributed by atoms with van der Waals surface area (Å²) in [5.74, 6) is 1.46. The SMILES string of the molecule is C=C=Cc1cc(CCC(C)C(C)C)cc(C(C)=NC=C(C)C)c1. The average molecular weight is 309 g/mol. The van der Waals surface area contributed by atoms with Crippen molar-refractivity contribution in [2.45, 2.75) is 54.4 Å². The lowest BCUT2D eigenvalue weighted by Crippen LogP contribution is -2.06. The van der Waals surface area contributed by atoms with Crippen molar-refractivity contribution in [2.24, 2.45) is 16.8 Å². The molecular weight excluding hydrogens is 278 g/mol. The van der Waals surface area contributed by atoms with E-state index in [9.17, 15) is 0 Å². The van der Waals surface area contributed by atoms with Gasteiger partial charge in [0.05, 0.1) is 0 Å². The summed E-state index contributed by atoms with van der Waals surface area (Å²) < 4.78 is 0. The van der Waals surface area contributed by atoms with Gasteiger partial charge in [-0.15, -0.1) is 5.73 Å². The summed E-state index contributed by atoms with van der Waals surface area (Å²) >= 11 is 0. The topological polar surface area (TPSA) is 12.4 Å². The van der Waals surface area contributed by atoms with Crippen LogP contribution in [0.2, 0.25) is 0 Å². The van der Waals surface area contributed by atoms with Gasteiger partial charge in [-0.1, -0.05) is 39.0 Å². The van der Waals surface area contributed by atoms with Gasteiger partial charge in [-0.25, -0.2) is 0 Å². The first-order valence-electron chi connectivity index (χ1n) is 8.51. The zero-order valence-corrected chi connectivity index (χ0v) is 15.6. The molecule has 0 fully saturated rings. The molecular formula is C22H31N. The van der Waals surface area contributed by atoms with E-state index in [4.69, 9.17) is 0 Å². The monoisotopic (exact) mass is 309 g/mol. The third-order valence-corrected chi connectivity index (χ3v) is 4.24. The summed E-state index contributed by atoms with van der Waals surface area (Å²) in [5, 5.41) is 0. The first-order chi connectivity index (χ1) is 10.8. The molecule has 1 nitrogen and oxygen atoms in total. The Hall–Kier alpha value is -1.85. The molecule has 0 N–H and O–H groups in total. The Morgan fingerprint density at radius 1 is 1.17 bits per heavy atom. The highest BCUT2D eigenvalue weighted by molar-refractivity contribution is 5.99. The summed E-state index contributed by atoms with van der Waals surface area (Å²) in [6, 6.07) is 6.67. The molecule has 1 aromatic carbocycles. The fraction of sp³-hybridized carbons (Fsp3) is 0.455. The van der Waals surface area contributed by atoms with Gasteiger partial charge in [0.15, 0.2) is 0 Å². The van der Waals surface area contributed by atoms with Crippen LogP contribution in [0.25, 0.3) is 6.08 Å². The lowest BCUT2D eigenvalue weighted by atomic mass is 9.90. The Morgan fingerprint density at radius 2 is 1.87 bits per heavy atom. The van der Waals surface area contributed by atoms with E-state index in [1.165, 1.54) is 23.1 Å². The highest BCUT2D eigenvalue weighted by Crippen LogP contribution is 2.20. The molecule has 0 radical (unpaired) electrons. The molecule has 0 aliphatic rings. The number of hydrogen-bond acceptors (Lipinski definition) is 1. The van der Waals surface area contributed by atoms with Gasteiger partial charge >= 0.3 is 0 Å². The van der Waals surface area contributed by atoms with Crippen LogP contribution in [-0.2, 0) is 6.42 Å². The van der Waals surface area contributed by atoms with Crippen molar-refractivity contribution in [3.05, 3.63) is 59.0 Å². The summed E-state index contributed by atoms with van der Waals surface area (Å²) in [4.78, 5) is 4.56. The molecule has 0 aliphatic heterocycles. The number of hydrogen-bond donors (Lipinski definition) is 0. The lowest BCUT2D eigenvalue weighted by molar-refractivity contribution is 0.393. The molecule has 0 heterocycles. The van der Waals surface area contributed by atoms with Gasteiger partial charge < -0.3 is 0 Å². The quantitative estimate of drug-likeness (QED) is 0.406. The molecule has 0 bridgehead atoms. The summed E-state index contributed by atoms with van der Waals surface area (Å²) in [7, 11) is 0. The molecule has 1 aromatic rings. The molecule has 23 heavy (non-hydrogen) atoms. The lowest BCUT2D eigenvalue weighted by Gasteiger charge is -2.15. The minimum atomic E-state index is 0.728. The second-order valence-corrected chi connectivity index (χ2v) is 6.99. The number of rotatable bonds is 7. The number of nitrogens with zero attached hydrogens (tertiary/aromatic N) is 1. The van der Waals surface area contributed by atoms with E-state index in [1.807, 2.05) is 12.3 Å². The number of aliphatic imine (C=N–C) groups is 1. The van der Waals surface area contributed by atoms with Crippen LogP contribution in [0.4, 0.5) is 0 Å². The van der Waals surface area contributed by atoms with Gasteiger partial charge in [0, 0.05) is 11.9 Å². The van der Waals surface area contributed by atoms with Crippen molar-refractivity contribution in [3.63, 3.8) is 0 Å². The van der Waals surface area contributed by atoms with Gasteiger partial charge in [-0.2, -0.15) is 0 Å². The number of benzene rings is 1. The number of aryl methyl sites for hydroxylation is 1. The second-order valence-electron chi connectivity index (χ2n) is 6.99. The molecule has 0 aromatic heterocycles. The van der Waals surface area contributed by atoms with E-state index in [0.717, 1.165) is 29.5 Å². The van der Waals surface area contributed by atoms with Crippen LogP contribution in [0.5, 0.6) is 0 Å². The fourth-order valence-corrected chi connectivity index (χ4v) is 2.30. The first-order valence-corrected chi connectivity index (χ1v) is 8.51. The fourth-order valence-electron chi connectivity index (χ4n) is 2.30. The summed E-state index contributed by atoms with van der Waals surface area (Å²) in [5.41, 5.74) is 8.83. The Balaban J connectivity index is 3.09. The van der Waals surface area contributed by atoms with E-state index in [-0.39, 0.29) is 0 Å². The van der Waals surface area contributed by atoms with Crippen LogP contribution in [0, 0.1) is 11.8 Å². The molecule has 0 saturated carbocycles. The van der Waals surface area contributed by atoms with Crippen LogP contribution in [0.15, 0.2) is 47.3 Å². The van der Waals surface area contributed by atoms with Crippen molar-refractivity contribution >= 4 is 11.8 Å². The van der Waals surface area contributed by atoms with E-state index < -0.39 is 0 Å². The molecule has 0 saturated heterocycles. The Bertz CT molecular complexity index is 621. The Morgan fingerprint density at radius 3 is 2.43 bits per heavy atom. The van der Waals surface area contributed by atoms with Crippen LogP contribution in [0.3, 0.4) is 0 Å². The minimum absolute atomic E-state index is 0.728. The standard InChI is InChI=1S/C22H31N/c1-8-9-20-12-21(11-10-18(6)17(4)5)14-22(13-20)19(7)23-15-16(2)3/h9,12-15,17-18H,1,10-11H2,2-7H3. The van der Waals surface area contributed by atoms with Gasteiger partial charge in [0.25, 0.3) is 0 Å². The van der Waals surface area contributed by atoms with E-state index >= 15 is 0 Å². The van der Waals surface area contributed by atoms with Gasteiger partial charge in [0.1, 0.15) is 0 Å². The maximum Gasteiger partial charge on any atom is 0.0445 e. The first kappa shape index (κ1) is 19.2. The van der Waals surface area contributed by atoms with Gasteiger partial charge in [-0.3, -0.25) is 4.99 Å². The van der Waals surface area contributed by atoms with Crippen molar-refractivity contribution in [3.8, 4) is 0 Å². The normalized spacial score (nSPS) is 12.7. The van der Waals surface area contributed by atoms with Crippen LogP contribution in [-0.4, -0.2) is 5.71 Å². The van der Waals surface area contributed by atoms with Gasteiger partial charge in [-0.05, 0) is 80.3 Å². The maximum atomic E-state index is 4.56. The van der Waals surface area contributed by atoms with E-state index in [1.54, 1.807) is 0 Å². The molecule has 1 unspecified atom stereocenters. The highest BCUT2D eigenvalue weighted by Gasteiger charge is 2.08. The molecule has 1 atom stereocenters. The Kier molecular flexibility index (Phi) is 7.78. The molecule has 124 valence electrons.